The van der Waals surface area contributed by atoms with Gasteiger partial charge in [0.2, 0.25) is 0 Å². The van der Waals surface area contributed by atoms with Gasteiger partial charge in [0.05, 0.1) is 5.69 Å². The molecule has 6 nitrogen and oxygen atoms in total. The fourth-order valence-electron chi connectivity index (χ4n) is 2.69. The maximum Gasteiger partial charge on any atom is 0.355 e. The van der Waals surface area contributed by atoms with Gasteiger partial charge in [-0.2, -0.15) is 0 Å². The third-order valence-corrected chi connectivity index (χ3v) is 3.79. The Morgan fingerprint density at radius 2 is 2.00 bits per heavy atom. The van der Waals surface area contributed by atoms with Gasteiger partial charge in [-0.25, -0.2) is 4.79 Å². The van der Waals surface area contributed by atoms with Crippen LogP contribution in [0.15, 0.2) is 12.3 Å². The van der Waals surface area contributed by atoms with E-state index in [4.69, 9.17) is 10.5 Å². The molecule has 1 aromatic heterocycles. The maximum absolute atomic E-state index is 11.9. The molecule has 0 aromatic carbocycles. The van der Waals surface area contributed by atoms with Gasteiger partial charge in [-0.05, 0) is 18.9 Å². The van der Waals surface area contributed by atoms with Crippen LogP contribution in [0, 0.1) is 0 Å². The summed E-state index contributed by atoms with van der Waals surface area (Å²) in [4.78, 5) is 23.7. The molecule has 0 spiro atoms. The van der Waals surface area contributed by atoms with Crippen LogP contribution in [0.5, 0.6) is 0 Å². The highest BCUT2D eigenvalue weighted by molar-refractivity contribution is 5.91. The van der Waals surface area contributed by atoms with Gasteiger partial charge in [0.15, 0.2) is 6.61 Å². The van der Waals surface area contributed by atoms with E-state index in [1.807, 2.05) is 0 Å². The Morgan fingerprint density at radius 1 is 1.33 bits per heavy atom. The predicted molar refractivity (Wildman–Crippen MR) is 79.7 cm³/mol. The number of nitrogens with two attached hydrogens (primary N) is 1. The number of nitrogens with one attached hydrogen (secondary N) is 1. The van der Waals surface area contributed by atoms with Crippen molar-refractivity contribution in [2.24, 2.45) is 7.05 Å². The van der Waals surface area contributed by atoms with Crippen LogP contribution in [-0.4, -0.2) is 29.1 Å². The second-order valence-corrected chi connectivity index (χ2v) is 5.60. The number of esters is 1. The molecule has 1 aromatic rings. The second kappa shape index (κ2) is 7.15. The Bertz CT molecular complexity index is 502. The van der Waals surface area contributed by atoms with Crippen LogP contribution >= 0.6 is 0 Å². The van der Waals surface area contributed by atoms with Gasteiger partial charge in [-0.15, -0.1) is 0 Å². The zero-order valence-corrected chi connectivity index (χ0v) is 12.4. The summed E-state index contributed by atoms with van der Waals surface area (Å²) in [5, 5.41) is 2.94. The molecule has 1 heterocycles. The molecule has 1 aliphatic rings. The van der Waals surface area contributed by atoms with Gasteiger partial charge in [-0.3, -0.25) is 4.79 Å². The number of nitrogens with zero attached hydrogens (tertiary/aromatic N) is 1. The van der Waals surface area contributed by atoms with Gasteiger partial charge < -0.3 is 20.4 Å². The SMILES string of the molecule is Cn1cc(N)cc1C(=O)OCC(=O)NC1CCCCCC1. The van der Waals surface area contributed by atoms with Crippen LogP contribution in [-0.2, 0) is 16.6 Å². The van der Waals surface area contributed by atoms with Crippen molar-refractivity contribution < 1.29 is 14.3 Å². The number of ether oxygens (including phenoxy) is 1. The van der Waals surface area contributed by atoms with E-state index in [-0.39, 0.29) is 18.6 Å². The first-order chi connectivity index (χ1) is 10.1. The number of carbonyl (C=O) groups excluding carboxylic acids is 2. The van der Waals surface area contributed by atoms with Crippen LogP contribution in [0.1, 0.15) is 49.0 Å². The minimum absolute atomic E-state index is 0.212. The second-order valence-electron chi connectivity index (χ2n) is 5.60. The van der Waals surface area contributed by atoms with Crippen LogP contribution in [0.3, 0.4) is 0 Å². The van der Waals surface area contributed by atoms with E-state index in [2.05, 4.69) is 5.32 Å². The number of hydrogen-bond donors (Lipinski definition) is 2. The molecule has 2 rings (SSSR count). The molecule has 116 valence electrons. The average molecular weight is 293 g/mol. The minimum atomic E-state index is -0.537. The quantitative estimate of drug-likeness (QED) is 0.652. The first kappa shape index (κ1) is 15.4. The first-order valence-electron chi connectivity index (χ1n) is 7.44. The van der Waals surface area contributed by atoms with E-state index in [0.717, 1.165) is 25.7 Å². The largest absolute Gasteiger partial charge is 0.451 e. The van der Waals surface area contributed by atoms with Crippen molar-refractivity contribution in [1.82, 2.24) is 9.88 Å². The van der Waals surface area contributed by atoms with Crippen LogP contribution < -0.4 is 11.1 Å². The number of anilines is 1. The Balaban J connectivity index is 1.78. The summed E-state index contributed by atoms with van der Waals surface area (Å²) in [6.45, 7) is -0.250. The molecule has 1 saturated carbocycles. The van der Waals surface area contributed by atoms with Crippen LogP contribution in [0.25, 0.3) is 0 Å². The topological polar surface area (TPSA) is 86.3 Å². The summed E-state index contributed by atoms with van der Waals surface area (Å²) in [6.07, 6.45) is 8.40. The Kier molecular flexibility index (Phi) is 5.25. The summed E-state index contributed by atoms with van der Waals surface area (Å²) < 4.78 is 6.61. The molecule has 0 atom stereocenters. The van der Waals surface area contributed by atoms with Crippen molar-refractivity contribution in [3.8, 4) is 0 Å². The molecule has 0 unspecified atom stereocenters. The zero-order chi connectivity index (χ0) is 15.2. The predicted octanol–water partition coefficient (Wildman–Crippen LogP) is 1.60. The number of aromatic nitrogens is 1. The van der Waals surface area contributed by atoms with Gasteiger partial charge in [0, 0.05) is 19.3 Å². The van der Waals surface area contributed by atoms with Crippen molar-refractivity contribution in [2.75, 3.05) is 12.3 Å². The molecule has 3 N–H and O–H groups in total. The molecule has 1 aliphatic carbocycles. The summed E-state index contributed by atoms with van der Waals surface area (Å²) >= 11 is 0. The van der Waals surface area contributed by atoms with Gasteiger partial charge in [-0.1, -0.05) is 25.7 Å². The summed E-state index contributed by atoms with van der Waals surface area (Å²) in [6, 6.07) is 1.75. The van der Waals surface area contributed by atoms with Gasteiger partial charge in [0.1, 0.15) is 5.69 Å². The van der Waals surface area contributed by atoms with Crippen molar-refractivity contribution in [3.63, 3.8) is 0 Å². The Morgan fingerprint density at radius 3 is 2.57 bits per heavy atom. The third-order valence-electron chi connectivity index (χ3n) is 3.79. The molecule has 0 radical (unpaired) electrons. The summed E-state index contributed by atoms with van der Waals surface area (Å²) in [5.74, 6) is -0.775. The molecule has 21 heavy (non-hydrogen) atoms. The first-order valence-corrected chi connectivity index (χ1v) is 7.44. The van der Waals surface area contributed by atoms with Gasteiger partial charge >= 0.3 is 5.97 Å². The fourth-order valence-corrected chi connectivity index (χ4v) is 2.69. The van der Waals surface area contributed by atoms with E-state index in [9.17, 15) is 9.59 Å². The lowest BCUT2D eigenvalue weighted by atomic mass is 10.1. The number of hydrogen-bond acceptors (Lipinski definition) is 4. The summed E-state index contributed by atoms with van der Waals surface area (Å²) in [7, 11) is 1.71. The fraction of sp³-hybridized carbons (Fsp3) is 0.600. The van der Waals surface area contributed by atoms with Crippen LogP contribution in [0.4, 0.5) is 5.69 Å². The molecular weight excluding hydrogens is 270 g/mol. The van der Waals surface area contributed by atoms with Gasteiger partial charge in [0.25, 0.3) is 5.91 Å². The van der Waals surface area contributed by atoms with E-state index < -0.39 is 5.97 Å². The molecule has 0 bridgehead atoms. The standard InChI is InChI=1S/C15H23N3O3/c1-18-9-11(16)8-13(18)15(20)21-10-14(19)17-12-6-4-2-3-5-7-12/h8-9,12H,2-7,10,16H2,1H3,(H,17,19). The summed E-state index contributed by atoms with van der Waals surface area (Å²) in [5.41, 5.74) is 6.44. The van der Waals surface area contributed by atoms with E-state index in [1.165, 1.54) is 18.9 Å². The molecule has 0 saturated heterocycles. The van der Waals surface area contributed by atoms with E-state index in [1.54, 1.807) is 17.8 Å². The number of rotatable bonds is 4. The molecule has 6 heteroatoms. The molecule has 1 fully saturated rings. The highest BCUT2D eigenvalue weighted by atomic mass is 16.5. The number of amides is 1. The average Bonchev–Trinajstić information content (AvgIpc) is 2.65. The highest BCUT2D eigenvalue weighted by Gasteiger charge is 2.17. The number of carbonyl (C=O) groups is 2. The molecule has 0 aliphatic heterocycles. The van der Waals surface area contributed by atoms with E-state index in [0.29, 0.717) is 11.4 Å². The van der Waals surface area contributed by atoms with Crippen LogP contribution in [0.2, 0.25) is 0 Å². The number of nitrogen functional groups attached to an aromatic ring is 1. The molecule has 1 amide bonds. The normalized spacial score (nSPS) is 16.2. The lowest BCUT2D eigenvalue weighted by Crippen LogP contribution is -2.37. The monoisotopic (exact) mass is 293 g/mol. The lowest BCUT2D eigenvalue weighted by Gasteiger charge is -2.16. The van der Waals surface area contributed by atoms with Crippen molar-refractivity contribution in [1.29, 1.82) is 0 Å². The zero-order valence-electron chi connectivity index (χ0n) is 12.4. The molecular formula is C15H23N3O3. The minimum Gasteiger partial charge on any atom is -0.451 e. The van der Waals surface area contributed by atoms with E-state index >= 15 is 0 Å². The lowest BCUT2D eigenvalue weighted by molar-refractivity contribution is -0.125. The highest BCUT2D eigenvalue weighted by Crippen LogP contribution is 2.17. The Hall–Kier alpha value is -1.98. The smallest absolute Gasteiger partial charge is 0.355 e. The third kappa shape index (κ3) is 4.51. The Labute approximate surface area is 124 Å². The maximum atomic E-state index is 11.9. The number of aryl methyl sites for hydroxylation is 1. The van der Waals surface area contributed by atoms with Crippen molar-refractivity contribution in [2.45, 2.75) is 44.6 Å². The van der Waals surface area contributed by atoms with Crippen molar-refractivity contribution in [3.05, 3.63) is 18.0 Å². The van der Waals surface area contributed by atoms with Crippen molar-refractivity contribution >= 4 is 17.6 Å².